The Hall–Kier alpha value is -1.72. The van der Waals surface area contributed by atoms with Crippen LogP contribution in [-0.2, 0) is 18.3 Å². The number of likely N-dealkylation sites (tertiary alicyclic amines) is 1. The van der Waals surface area contributed by atoms with Crippen LogP contribution in [0.25, 0.3) is 11.3 Å². The summed E-state index contributed by atoms with van der Waals surface area (Å²) in [5, 5.41) is 4.61. The van der Waals surface area contributed by atoms with Gasteiger partial charge in [0.15, 0.2) is 0 Å². The van der Waals surface area contributed by atoms with Crippen LogP contribution >= 0.6 is 0 Å². The molecule has 0 bridgehead atoms. The fourth-order valence-corrected chi connectivity index (χ4v) is 3.55. The van der Waals surface area contributed by atoms with E-state index in [9.17, 15) is 0 Å². The summed E-state index contributed by atoms with van der Waals surface area (Å²) in [6, 6.07) is 4.03. The molecule has 21 heavy (non-hydrogen) atoms. The number of nitrogens with zero attached hydrogens (tertiary/aromatic N) is 4. The molecular formula is C16H20N4O. The smallest absolute Gasteiger partial charge is 0.0983 e. The van der Waals surface area contributed by atoms with Gasteiger partial charge in [-0.25, -0.2) is 0 Å². The molecule has 2 aromatic rings. The van der Waals surface area contributed by atoms with Gasteiger partial charge in [-0.15, -0.1) is 0 Å². The molecule has 0 aliphatic carbocycles. The second-order valence-electron chi connectivity index (χ2n) is 6.37. The van der Waals surface area contributed by atoms with E-state index in [0.717, 1.165) is 44.1 Å². The van der Waals surface area contributed by atoms with Crippen molar-refractivity contribution in [2.45, 2.75) is 13.0 Å². The van der Waals surface area contributed by atoms with Gasteiger partial charge in [-0.3, -0.25) is 14.6 Å². The molecule has 0 atom stereocenters. The number of hydrogen-bond acceptors (Lipinski definition) is 4. The molecule has 4 heterocycles. The van der Waals surface area contributed by atoms with E-state index in [1.807, 2.05) is 24.0 Å². The lowest BCUT2D eigenvalue weighted by atomic mass is 9.79. The van der Waals surface area contributed by atoms with Crippen molar-refractivity contribution in [3.8, 4) is 11.3 Å². The highest BCUT2D eigenvalue weighted by Gasteiger charge is 2.45. The summed E-state index contributed by atoms with van der Waals surface area (Å²) >= 11 is 0. The van der Waals surface area contributed by atoms with Crippen LogP contribution in [0.5, 0.6) is 0 Å². The molecule has 2 fully saturated rings. The maximum Gasteiger partial charge on any atom is 0.0983 e. The van der Waals surface area contributed by atoms with Gasteiger partial charge >= 0.3 is 0 Å². The number of aromatic nitrogens is 3. The Labute approximate surface area is 124 Å². The van der Waals surface area contributed by atoms with Crippen LogP contribution in [0.2, 0.25) is 0 Å². The zero-order chi connectivity index (χ0) is 14.3. The molecule has 1 spiro atoms. The molecule has 5 nitrogen and oxygen atoms in total. The maximum atomic E-state index is 5.55. The first-order valence-electron chi connectivity index (χ1n) is 7.47. The number of hydrogen-bond donors (Lipinski definition) is 0. The van der Waals surface area contributed by atoms with E-state index >= 15 is 0 Å². The number of aryl methyl sites for hydroxylation is 1. The number of rotatable bonds is 3. The summed E-state index contributed by atoms with van der Waals surface area (Å²) < 4.78 is 7.44. The van der Waals surface area contributed by atoms with E-state index < -0.39 is 0 Å². The predicted molar refractivity (Wildman–Crippen MR) is 79.6 cm³/mol. The highest BCUT2D eigenvalue weighted by Crippen LogP contribution is 2.39. The van der Waals surface area contributed by atoms with Gasteiger partial charge < -0.3 is 4.74 Å². The van der Waals surface area contributed by atoms with Gasteiger partial charge in [0, 0.05) is 68.4 Å². The topological polar surface area (TPSA) is 43.2 Å². The van der Waals surface area contributed by atoms with Crippen LogP contribution in [0, 0.1) is 5.41 Å². The second kappa shape index (κ2) is 4.93. The Morgan fingerprint density at radius 2 is 2.29 bits per heavy atom. The van der Waals surface area contributed by atoms with Crippen molar-refractivity contribution in [1.82, 2.24) is 19.7 Å². The largest absolute Gasteiger partial charge is 0.381 e. The third-order valence-corrected chi connectivity index (χ3v) is 4.54. The summed E-state index contributed by atoms with van der Waals surface area (Å²) in [6.07, 6.45) is 7.02. The minimum absolute atomic E-state index is 0.441. The standard InChI is InChI=1S/C16H20N4O/c1-19-8-14(15(18-19)13-3-2-5-17-7-13)9-20-10-16(11-20)4-6-21-12-16/h2-3,5,7-8H,4,6,9-12H2,1H3. The Morgan fingerprint density at radius 1 is 1.38 bits per heavy atom. The first kappa shape index (κ1) is 13.0. The van der Waals surface area contributed by atoms with E-state index in [-0.39, 0.29) is 0 Å². The van der Waals surface area contributed by atoms with Gasteiger partial charge in [-0.05, 0) is 18.6 Å². The molecule has 0 saturated carbocycles. The summed E-state index contributed by atoms with van der Waals surface area (Å²) in [7, 11) is 1.98. The summed E-state index contributed by atoms with van der Waals surface area (Å²) in [5.41, 5.74) is 3.86. The molecular weight excluding hydrogens is 264 g/mol. The lowest BCUT2D eigenvalue weighted by Gasteiger charge is -2.47. The minimum atomic E-state index is 0.441. The van der Waals surface area contributed by atoms with Gasteiger partial charge in [-0.1, -0.05) is 0 Å². The SMILES string of the molecule is Cn1cc(CN2CC3(CCOC3)C2)c(-c2cccnc2)n1. The van der Waals surface area contributed by atoms with Crippen LogP contribution in [0.3, 0.4) is 0 Å². The summed E-state index contributed by atoms with van der Waals surface area (Å²) in [4.78, 5) is 6.69. The fourth-order valence-electron chi connectivity index (χ4n) is 3.55. The quantitative estimate of drug-likeness (QED) is 0.860. The Balaban J connectivity index is 1.51. The summed E-state index contributed by atoms with van der Waals surface area (Å²) in [6.45, 7) is 5.12. The molecule has 110 valence electrons. The number of ether oxygens (including phenoxy) is 1. The van der Waals surface area contributed by atoms with E-state index in [2.05, 4.69) is 27.2 Å². The van der Waals surface area contributed by atoms with Crippen molar-refractivity contribution in [1.29, 1.82) is 0 Å². The second-order valence-corrected chi connectivity index (χ2v) is 6.37. The van der Waals surface area contributed by atoms with E-state index in [1.54, 1.807) is 6.20 Å². The van der Waals surface area contributed by atoms with Gasteiger partial charge in [0.05, 0.1) is 12.3 Å². The lowest BCUT2D eigenvalue weighted by molar-refractivity contribution is -0.0122. The van der Waals surface area contributed by atoms with Gasteiger partial charge in [0.2, 0.25) is 0 Å². The molecule has 2 saturated heterocycles. The molecule has 0 radical (unpaired) electrons. The molecule has 2 aliphatic heterocycles. The first-order valence-corrected chi connectivity index (χ1v) is 7.47. The highest BCUT2D eigenvalue weighted by molar-refractivity contribution is 5.61. The Kier molecular flexibility index (Phi) is 3.05. The van der Waals surface area contributed by atoms with Crippen LogP contribution in [0.1, 0.15) is 12.0 Å². The maximum absolute atomic E-state index is 5.55. The van der Waals surface area contributed by atoms with Crippen molar-refractivity contribution < 1.29 is 4.74 Å². The molecule has 5 heteroatoms. The molecule has 0 aromatic carbocycles. The molecule has 4 rings (SSSR count). The predicted octanol–water partition coefficient (Wildman–Crippen LogP) is 1.70. The zero-order valence-electron chi connectivity index (χ0n) is 12.3. The van der Waals surface area contributed by atoms with Gasteiger partial charge in [0.25, 0.3) is 0 Å². The van der Waals surface area contributed by atoms with Gasteiger partial charge in [0.1, 0.15) is 0 Å². The lowest BCUT2D eigenvalue weighted by Crippen LogP contribution is -2.56. The third kappa shape index (κ3) is 2.36. The van der Waals surface area contributed by atoms with E-state index in [1.165, 1.54) is 12.0 Å². The van der Waals surface area contributed by atoms with Crippen molar-refractivity contribution in [3.05, 3.63) is 36.3 Å². The fraction of sp³-hybridized carbons (Fsp3) is 0.500. The third-order valence-electron chi connectivity index (χ3n) is 4.54. The molecule has 0 amide bonds. The van der Waals surface area contributed by atoms with Crippen molar-refractivity contribution >= 4 is 0 Å². The Bertz CT molecular complexity index is 623. The van der Waals surface area contributed by atoms with Crippen molar-refractivity contribution in [2.24, 2.45) is 12.5 Å². The normalized spacial score (nSPS) is 20.8. The van der Waals surface area contributed by atoms with E-state index in [4.69, 9.17) is 4.74 Å². The van der Waals surface area contributed by atoms with Gasteiger partial charge in [-0.2, -0.15) is 5.10 Å². The van der Waals surface area contributed by atoms with Crippen LogP contribution in [0.4, 0.5) is 0 Å². The highest BCUT2D eigenvalue weighted by atomic mass is 16.5. The Morgan fingerprint density at radius 3 is 3.00 bits per heavy atom. The molecule has 0 unspecified atom stereocenters. The monoisotopic (exact) mass is 284 g/mol. The molecule has 2 aliphatic rings. The van der Waals surface area contributed by atoms with Crippen LogP contribution in [-0.4, -0.2) is 46.0 Å². The number of pyridine rings is 1. The van der Waals surface area contributed by atoms with Crippen LogP contribution < -0.4 is 0 Å². The average molecular weight is 284 g/mol. The summed E-state index contributed by atoms with van der Waals surface area (Å²) in [5.74, 6) is 0. The minimum Gasteiger partial charge on any atom is -0.381 e. The van der Waals surface area contributed by atoms with E-state index in [0.29, 0.717) is 5.41 Å². The molecule has 2 aromatic heterocycles. The van der Waals surface area contributed by atoms with Crippen molar-refractivity contribution in [2.75, 3.05) is 26.3 Å². The van der Waals surface area contributed by atoms with Crippen LogP contribution in [0.15, 0.2) is 30.7 Å². The average Bonchev–Trinajstić information content (AvgIpc) is 3.07. The first-order chi connectivity index (χ1) is 10.2. The zero-order valence-corrected chi connectivity index (χ0v) is 12.3. The molecule has 0 N–H and O–H groups in total. The van der Waals surface area contributed by atoms with Crippen molar-refractivity contribution in [3.63, 3.8) is 0 Å².